The van der Waals surface area contributed by atoms with Crippen molar-refractivity contribution in [2.24, 2.45) is 5.92 Å². The normalized spacial score (nSPS) is 23.1. The van der Waals surface area contributed by atoms with E-state index in [1.165, 1.54) is 0 Å². The fraction of sp³-hybridized carbons (Fsp3) is 0.469. The number of piperazine rings is 1. The SMILES string of the molecule is C[C@@H]1CN(c2ccc(Nc3ncc(C(F)(F)F)c(NCc4cccc5c4C(C)(C)C(=O)N5)n3)c(C3C[C@@H]3C)c2)CCN1C. The minimum Gasteiger partial charge on any atom is -0.369 e. The topological polar surface area (TPSA) is 85.4 Å². The van der Waals surface area contributed by atoms with Crippen LogP contribution in [0.3, 0.4) is 0 Å². The summed E-state index contributed by atoms with van der Waals surface area (Å²) in [4.78, 5) is 25.6. The molecule has 3 atom stereocenters. The summed E-state index contributed by atoms with van der Waals surface area (Å²) >= 11 is 0. The standard InChI is InChI=1S/C32H38F3N7O/c1-18-13-22(18)23-14-21(42-12-11-41(5)19(2)17-42)9-10-25(23)39-30-37-16-24(32(33,34)35)28(40-30)36-15-20-7-6-8-26-27(20)31(3,4)29(43)38-26/h6-10,14,16,18-19,22H,11-13,15,17H2,1-5H3,(H,38,43)(H2,36,37,39,40)/t18-,19+,22?/m0/s1. The molecule has 0 bridgehead atoms. The van der Waals surface area contributed by atoms with Crippen LogP contribution in [-0.4, -0.2) is 53.5 Å². The Morgan fingerprint density at radius 1 is 1.14 bits per heavy atom. The van der Waals surface area contributed by atoms with Gasteiger partial charge in [-0.1, -0.05) is 19.1 Å². The van der Waals surface area contributed by atoms with Crippen LogP contribution in [-0.2, 0) is 22.9 Å². The second-order valence-electron chi connectivity index (χ2n) is 12.7. The highest BCUT2D eigenvalue weighted by molar-refractivity contribution is 6.06. The van der Waals surface area contributed by atoms with Crippen LogP contribution in [0.15, 0.2) is 42.6 Å². The third kappa shape index (κ3) is 5.62. The van der Waals surface area contributed by atoms with E-state index in [0.29, 0.717) is 23.6 Å². The van der Waals surface area contributed by atoms with E-state index in [9.17, 15) is 18.0 Å². The maximum Gasteiger partial charge on any atom is 0.421 e. The van der Waals surface area contributed by atoms with Gasteiger partial charge in [0.2, 0.25) is 11.9 Å². The molecule has 1 aliphatic carbocycles. The molecule has 3 N–H and O–H groups in total. The molecule has 228 valence electrons. The zero-order valence-electron chi connectivity index (χ0n) is 25.1. The summed E-state index contributed by atoms with van der Waals surface area (Å²) in [5.41, 5.74) is 3.51. The molecule has 3 aliphatic rings. The first-order chi connectivity index (χ1) is 20.3. The molecular formula is C32H38F3N7O. The lowest BCUT2D eigenvalue weighted by atomic mass is 9.83. The van der Waals surface area contributed by atoms with Crippen molar-refractivity contribution in [2.45, 2.75) is 64.2 Å². The van der Waals surface area contributed by atoms with Gasteiger partial charge in [-0.2, -0.15) is 18.2 Å². The molecule has 8 nitrogen and oxygen atoms in total. The molecule has 6 rings (SSSR count). The summed E-state index contributed by atoms with van der Waals surface area (Å²) in [6.07, 6.45) is -2.76. The van der Waals surface area contributed by atoms with Crippen LogP contribution in [0, 0.1) is 5.92 Å². The molecule has 1 unspecified atom stereocenters. The highest BCUT2D eigenvalue weighted by atomic mass is 19.4. The van der Waals surface area contributed by atoms with Gasteiger partial charge in [-0.3, -0.25) is 4.79 Å². The molecule has 1 aromatic heterocycles. The van der Waals surface area contributed by atoms with Crippen LogP contribution in [0.5, 0.6) is 0 Å². The number of hydrogen-bond donors (Lipinski definition) is 3. The van der Waals surface area contributed by atoms with Crippen molar-refractivity contribution in [3.63, 3.8) is 0 Å². The van der Waals surface area contributed by atoms with Gasteiger partial charge in [0.1, 0.15) is 11.4 Å². The first-order valence-corrected chi connectivity index (χ1v) is 14.8. The minimum atomic E-state index is -4.65. The van der Waals surface area contributed by atoms with Gasteiger partial charge in [0.25, 0.3) is 0 Å². The molecule has 1 saturated heterocycles. The number of alkyl halides is 3. The summed E-state index contributed by atoms with van der Waals surface area (Å²) in [6.45, 7) is 11.0. The first kappa shape index (κ1) is 29.2. The van der Waals surface area contributed by atoms with E-state index >= 15 is 0 Å². The Hall–Kier alpha value is -3.86. The van der Waals surface area contributed by atoms with Gasteiger partial charge in [-0.25, -0.2) is 4.98 Å². The van der Waals surface area contributed by atoms with Crippen LogP contribution in [0.4, 0.5) is 42.0 Å². The molecule has 43 heavy (non-hydrogen) atoms. The average molecular weight is 594 g/mol. The molecule has 1 saturated carbocycles. The number of hydrogen-bond acceptors (Lipinski definition) is 7. The number of carbonyl (C=O) groups excluding carboxylic acids is 1. The van der Waals surface area contributed by atoms with Gasteiger partial charge < -0.3 is 25.8 Å². The molecular weight excluding hydrogens is 555 g/mol. The van der Waals surface area contributed by atoms with E-state index in [0.717, 1.165) is 60.3 Å². The highest BCUT2D eigenvalue weighted by Gasteiger charge is 2.41. The Labute approximate surface area is 250 Å². The number of fused-ring (bicyclic) bond motifs is 1. The number of rotatable bonds is 7. The largest absolute Gasteiger partial charge is 0.421 e. The fourth-order valence-electron chi connectivity index (χ4n) is 6.27. The zero-order valence-corrected chi connectivity index (χ0v) is 25.1. The van der Waals surface area contributed by atoms with Crippen LogP contribution in [0.1, 0.15) is 62.3 Å². The van der Waals surface area contributed by atoms with Crippen LogP contribution in [0.25, 0.3) is 0 Å². The van der Waals surface area contributed by atoms with Gasteiger partial charge >= 0.3 is 6.18 Å². The zero-order chi connectivity index (χ0) is 30.7. The summed E-state index contributed by atoms with van der Waals surface area (Å²) in [7, 11) is 2.14. The Morgan fingerprint density at radius 3 is 2.60 bits per heavy atom. The van der Waals surface area contributed by atoms with Crippen LogP contribution >= 0.6 is 0 Å². The molecule has 3 aromatic rings. The van der Waals surface area contributed by atoms with E-state index in [4.69, 9.17) is 0 Å². The summed E-state index contributed by atoms with van der Waals surface area (Å²) < 4.78 is 42.1. The number of amides is 1. The second-order valence-corrected chi connectivity index (χ2v) is 12.7. The molecule has 0 spiro atoms. The van der Waals surface area contributed by atoms with E-state index in [1.807, 2.05) is 12.1 Å². The number of anilines is 5. The molecule has 3 heterocycles. The third-order valence-electron chi connectivity index (χ3n) is 9.25. The number of nitrogens with one attached hydrogen (secondary N) is 3. The van der Waals surface area contributed by atoms with Gasteiger partial charge in [0, 0.05) is 55.5 Å². The molecule has 2 fully saturated rings. The second kappa shape index (κ2) is 10.7. The summed E-state index contributed by atoms with van der Waals surface area (Å²) in [5.74, 6) is 0.530. The number of likely N-dealkylation sites (N-methyl/N-ethyl adjacent to an activating group) is 1. The Bertz CT molecular complexity index is 1560. The van der Waals surface area contributed by atoms with Crippen molar-refractivity contribution in [1.82, 2.24) is 14.9 Å². The van der Waals surface area contributed by atoms with Crippen molar-refractivity contribution in [1.29, 1.82) is 0 Å². The van der Waals surface area contributed by atoms with E-state index < -0.39 is 17.2 Å². The fourth-order valence-corrected chi connectivity index (χ4v) is 6.27. The van der Waals surface area contributed by atoms with E-state index in [1.54, 1.807) is 26.0 Å². The molecule has 2 aromatic carbocycles. The predicted octanol–water partition coefficient (Wildman–Crippen LogP) is 6.34. The molecule has 11 heteroatoms. The van der Waals surface area contributed by atoms with Gasteiger partial charge in [-0.15, -0.1) is 0 Å². The van der Waals surface area contributed by atoms with Gasteiger partial charge in [-0.05, 0) is 87.0 Å². The van der Waals surface area contributed by atoms with E-state index in [2.05, 4.69) is 68.7 Å². The molecule has 1 amide bonds. The van der Waals surface area contributed by atoms with Crippen molar-refractivity contribution < 1.29 is 18.0 Å². The molecule has 0 radical (unpaired) electrons. The smallest absolute Gasteiger partial charge is 0.369 e. The van der Waals surface area contributed by atoms with Crippen LogP contribution < -0.4 is 20.9 Å². The maximum atomic E-state index is 14.0. The van der Waals surface area contributed by atoms with Gasteiger partial charge in [0.05, 0.1) is 5.41 Å². The number of benzene rings is 2. The monoisotopic (exact) mass is 593 g/mol. The number of halogens is 3. The highest BCUT2D eigenvalue weighted by Crippen LogP contribution is 2.50. The number of aromatic nitrogens is 2. The van der Waals surface area contributed by atoms with E-state index in [-0.39, 0.29) is 24.2 Å². The van der Waals surface area contributed by atoms with Crippen LogP contribution in [0.2, 0.25) is 0 Å². The number of carbonyl (C=O) groups is 1. The number of nitrogens with zero attached hydrogens (tertiary/aromatic N) is 4. The Kier molecular flexibility index (Phi) is 7.27. The van der Waals surface area contributed by atoms with Crippen molar-refractivity contribution >= 4 is 34.7 Å². The molecule has 2 aliphatic heterocycles. The summed E-state index contributed by atoms with van der Waals surface area (Å²) in [5, 5.41) is 8.99. The Morgan fingerprint density at radius 2 is 1.91 bits per heavy atom. The van der Waals surface area contributed by atoms with Crippen molar-refractivity contribution in [2.75, 3.05) is 47.5 Å². The maximum absolute atomic E-state index is 14.0. The Balaban J connectivity index is 1.28. The quantitative estimate of drug-likeness (QED) is 0.295. The average Bonchev–Trinajstić information content (AvgIpc) is 3.63. The lowest BCUT2D eigenvalue weighted by molar-refractivity contribution is -0.137. The third-order valence-corrected chi connectivity index (χ3v) is 9.25. The van der Waals surface area contributed by atoms with Gasteiger partial charge in [0.15, 0.2) is 0 Å². The van der Waals surface area contributed by atoms with Crippen molar-refractivity contribution in [3.05, 3.63) is 64.8 Å². The lowest BCUT2D eigenvalue weighted by Crippen LogP contribution is -2.50. The first-order valence-electron chi connectivity index (χ1n) is 14.8. The lowest BCUT2D eigenvalue weighted by Gasteiger charge is -2.39. The summed E-state index contributed by atoms with van der Waals surface area (Å²) in [6, 6.07) is 12.1. The predicted molar refractivity (Wildman–Crippen MR) is 163 cm³/mol. The minimum absolute atomic E-state index is 0.0596. The van der Waals surface area contributed by atoms with Crippen molar-refractivity contribution in [3.8, 4) is 0 Å².